The summed E-state index contributed by atoms with van der Waals surface area (Å²) >= 11 is 0. The van der Waals surface area contributed by atoms with Crippen molar-refractivity contribution >= 4 is 5.78 Å². The molecule has 0 radical (unpaired) electrons. The number of rotatable bonds is 2. The molecule has 2 saturated carbocycles. The van der Waals surface area contributed by atoms with E-state index in [0.29, 0.717) is 18.3 Å². The Morgan fingerprint density at radius 2 is 2.19 bits per heavy atom. The molecule has 0 spiro atoms. The molecule has 2 heterocycles. The molecule has 1 aromatic heterocycles. The first-order valence-corrected chi connectivity index (χ1v) is 10.2. The molecule has 2 fully saturated rings. The highest BCUT2D eigenvalue weighted by Crippen LogP contribution is 2.62. The van der Waals surface area contributed by atoms with Crippen LogP contribution in [0.5, 0.6) is 0 Å². The zero-order valence-electron chi connectivity index (χ0n) is 16.1. The van der Waals surface area contributed by atoms with E-state index in [1.807, 2.05) is 25.6 Å². The van der Waals surface area contributed by atoms with Crippen LogP contribution in [-0.4, -0.2) is 30.1 Å². The highest BCUT2D eigenvalue weighted by molar-refractivity contribution is 5.99. The van der Waals surface area contributed by atoms with Gasteiger partial charge in [-0.25, -0.2) is 0 Å². The number of fused-ring (bicyclic) bond motifs is 3. The maximum atomic E-state index is 12.3. The van der Waals surface area contributed by atoms with Gasteiger partial charge in [0.1, 0.15) is 11.9 Å². The van der Waals surface area contributed by atoms with Crippen LogP contribution in [0.2, 0.25) is 0 Å². The summed E-state index contributed by atoms with van der Waals surface area (Å²) in [4.78, 5) is 16.7. The molecule has 0 saturated heterocycles. The lowest BCUT2D eigenvalue weighted by molar-refractivity contribution is -0.116. The highest BCUT2D eigenvalue weighted by atomic mass is 16.5. The van der Waals surface area contributed by atoms with Crippen LogP contribution in [0.1, 0.15) is 56.9 Å². The topological polar surface area (TPSA) is 48.4 Å². The SMILES string of the molecule is CO[C@@H]1C[C@H]2[C@@H]3OC4=C(C=C3CC[C@]2(C)[C@H]1c1cccnc1)C(=O)CCC4. The van der Waals surface area contributed by atoms with Gasteiger partial charge >= 0.3 is 0 Å². The van der Waals surface area contributed by atoms with Crippen molar-refractivity contribution in [1.29, 1.82) is 0 Å². The van der Waals surface area contributed by atoms with Crippen molar-refractivity contribution in [3.05, 3.63) is 53.1 Å². The lowest BCUT2D eigenvalue weighted by Gasteiger charge is -2.47. The van der Waals surface area contributed by atoms with Gasteiger partial charge < -0.3 is 9.47 Å². The zero-order chi connectivity index (χ0) is 18.6. The van der Waals surface area contributed by atoms with Gasteiger partial charge in [-0.15, -0.1) is 0 Å². The summed E-state index contributed by atoms with van der Waals surface area (Å²) in [6.45, 7) is 2.41. The molecule has 0 N–H and O–H groups in total. The molecule has 0 unspecified atom stereocenters. The van der Waals surface area contributed by atoms with Crippen molar-refractivity contribution in [3.63, 3.8) is 0 Å². The molecular formula is C23H27NO3. The minimum Gasteiger partial charge on any atom is -0.489 e. The van der Waals surface area contributed by atoms with Crippen LogP contribution in [0, 0.1) is 11.3 Å². The summed E-state index contributed by atoms with van der Waals surface area (Å²) in [5, 5.41) is 0. The van der Waals surface area contributed by atoms with Gasteiger partial charge in [-0.1, -0.05) is 13.0 Å². The fourth-order valence-corrected chi connectivity index (χ4v) is 6.09. The molecule has 1 aromatic rings. The Hall–Kier alpha value is -1.94. The third kappa shape index (κ3) is 2.53. The number of nitrogens with zero attached hydrogens (tertiary/aromatic N) is 1. The number of allylic oxidation sites excluding steroid dienone is 3. The van der Waals surface area contributed by atoms with E-state index in [0.717, 1.165) is 43.4 Å². The summed E-state index contributed by atoms with van der Waals surface area (Å²) in [7, 11) is 1.83. The number of hydrogen-bond acceptors (Lipinski definition) is 4. The normalized spacial score (nSPS) is 37.9. The van der Waals surface area contributed by atoms with Gasteiger partial charge in [0, 0.05) is 44.2 Å². The summed E-state index contributed by atoms with van der Waals surface area (Å²) in [5.74, 6) is 1.92. The number of Topliss-reactive ketones (excluding diaryl/α,β-unsaturated/α-hetero) is 1. The molecule has 0 aromatic carbocycles. The summed E-state index contributed by atoms with van der Waals surface area (Å²) in [6, 6.07) is 4.21. The fourth-order valence-electron chi connectivity index (χ4n) is 6.09. The van der Waals surface area contributed by atoms with E-state index >= 15 is 0 Å². The molecule has 3 aliphatic carbocycles. The van der Waals surface area contributed by atoms with Gasteiger partial charge in [0.05, 0.1) is 11.7 Å². The third-order valence-corrected chi connectivity index (χ3v) is 7.45. The van der Waals surface area contributed by atoms with Gasteiger partial charge in [-0.05, 0) is 54.4 Å². The van der Waals surface area contributed by atoms with Crippen LogP contribution in [-0.2, 0) is 14.3 Å². The lowest BCUT2D eigenvalue weighted by Crippen LogP contribution is -2.43. The van der Waals surface area contributed by atoms with Crippen LogP contribution in [0.25, 0.3) is 0 Å². The second-order valence-corrected chi connectivity index (χ2v) is 8.76. The number of pyridine rings is 1. The van der Waals surface area contributed by atoms with Crippen LogP contribution in [0.4, 0.5) is 0 Å². The number of methoxy groups -OCH3 is 1. The third-order valence-electron chi connectivity index (χ3n) is 7.45. The Morgan fingerprint density at radius 1 is 1.30 bits per heavy atom. The first-order chi connectivity index (χ1) is 13.1. The van der Waals surface area contributed by atoms with Gasteiger partial charge in [0.2, 0.25) is 0 Å². The molecule has 1 aliphatic heterocycles. The minimum atomic E-state index is 0.0905. The maximum Gasteiger partial charge on any atom is 0.166 e. The van der Waals surface area contributed by atoms with E-state index < -0.39 is 0 Å². The maximum absolute atomic E-state index is 12.3. The molecule has 0 amide bonds. The molecule has 142 valence electrons. The van der Waals surface area contributed by atoms with Crippen molar-refractivity contribution in [3.8, 4) is 0 Å². The van der Waals surface area contributed by atoms with Crippen molar-refractivity contribution in [2.75, 3.05) is 7.11 Å². The molecule has 4 aliphatic rings. The van der Waals surface area contributed by atoms with E-state index in [2.05, 4.69) is 24.1 Å². The number of hydrogen-bond donors (Lipinski definition) is 0. The first-order valence-electron chi connectivity index (χ1n) is 10.2. The predicted octanol–water partition coefficient (Wildman–Crippen LogP) is 4.33. The van der Waals surface area contributed by atoms with Gasteiger partial charge in [0.15, 0.2) is 5.78 Å². The number of ether oxygens (including phenoxy) is 2. The summed E-state index contributed by atoms with van der Waals surface area (Å²) < 4.78 is 12.5. The molecule has 5 rings (SSSR count). The molecule has 27 heavy (non-hydrogen) atoms. The standard InChI is InChI=1S/C23H27NO3/c1-23-9-8-14-11-16-18(25)6-3-7-19(16)27-22(14)17(23)12-20(26-2)21(23)15-5-4-10-24-13-15/h4-5,10-11,13,17,20-22H,3,6-9,12H2,1-2H3/t17-,20+,21-,22+,23-/m0/s1. The Labute approximate surface area is 160 Å². The van der Waals surface area contributed by atoms with Crippen LogP contribution in [0.3, 0.4) is 0 Å². The fraction of sp³-hybridized carbons (Fsp3) is 0.565. The van der Waals surface area contributed by atoms with Crippen molar-refractivity contribution in [2.24, 2.45) is 11.3 Å². The Bertz CT molecular complexity index is 827. The van der Waals surface area contributed by atoms with Gasteiger partial charge in [-0.2, -0.15) is 0 Å². The Balaban J connectivity index is 1.52. The monoisotopic (exact) mass is 365 g/mol. The highest BCUT2D eigenvalue weighted by Gasteiger charge is 2.59. The Morgan fingerprint density at radius 3 is 2.96 bits per heavy atom. The van der Waals surface area contributed by atoms with E-state index in [-0.39, 0.29) is 23.4 Å². The number of carbonyl (C=O) groups is 1. The zero-order valence-corrected chi connectivity index (χ0v) is 16.1. The van der Waals surface area contributed by atoms with E-state index in [9.17, 15) is 4.79 Å². The smallest absolute Gasteiger partial charge is 0.166 e. The molecule has 4 heteroatoms. The van der Waals surface area contributed by atoms with Crippen LogP contribution in [0.15, 0.2) is 47.5 Å². The minimum absolute atomic E-state index is 0.0905. The largest absolute Gasteiger partial charge is 0.489 e. The number of aromatic nitrogens is 1. The quantitative estimate of drug-likeness (QED) is 0.783. The number of ketones is 1. The van der Waals surface area contributed by atoms with Crippen molar-refractivity contribution in [2.45, 2.75) is 63.6 Å². The predicted molar refractivity (Wildman–Crippen MR) is 102 cm³/mol. The lowest BCUT2D eigenvalue weighted by atomic mass is 9.61. The molecule has 4 nitrogen and oxygen atoms in total. The van der Waals surface area contributed by atoms with Crippen LogP contribution >= 0.6 is 0 Å². The van der Waals surface area contributed by atoms with E-state index in [4.69, 9.17) is 9.47 Å². The van der Waals surface area contributed by atoms with Gasteiger partial charge in [0.25, 0.3) is 0 Å². The second kappa shape index (κ2) is 6.30. The molecule has 0 bridgehead atoms. The van der Waals surface area contributed by atoms with Crippen molar-refractivity contribution in [1.82, 2.24) is 4.98 Å². The van der Waals surface area contributed by atoms with Gasteiger partial charge in [-0.3, -0.25) is 9.78 Å². The summed E-state index contributed by atoms with van der Waals surface area (Å²) in [5.41, 5.74) is 3.54. The summed E-state index contributed by atoms with van der Waals surface area (Å²) in [6.07, 6.45) is 11.8. The Kier molecular flexibility index (Phi) is 4.01. The molecular weight excluding hydrogens is 338 g/mol. The second-order valence-electron chi connectivity index (χ2n) is 8.76. The van der Waals surface area contributed by atoms with E-state index in [1.54, 1.807) is 0 Å². The average Bonchev–Trinajstić information content (AvgIpc) is 3.00. The number of carbonyl (C=O) groups excluding carboxylic acids is 1. The first kappa shape index (κ1) is 17.2. The van der Waals surface area contributed by atoms with E-state index in [1.165, 1.54) is 11.1 Å². The average molecular weight is 365 g/mol. The van der Waals surface area contributed by atoms with Crippen LogP contribution < -0.4 is 0 Å². The van der Waals surface area contributed by atoms with Crippen molar-refractivity contribution < 1.29 is 14.3 Å². The molecule has 5 atom stereocenters.